The Kier molecular flexibility index (Phi) is 8.55. The Bertz CT molecular complexity index is 1540. The Morgan fingerprint density at radius 3 is 2.32 bits per heavy atom. The molecule has 1 fully saturated rings. The molecule has 0 saturated carbocycles. The molecule has 2 heterocycles. The molecule has 0 unspecified atom stereocenters. The van der Waals surface area contributed by atoms with Crippen LogP contribution in [0.5, 0.6) is 0 Å². The van der Waals surface area contributed by atoms with Crippen molar-refractivity contribution in [2.24, 2.45) is 5.41 Å². The van der Waals surface area contributed by atoms with Crippen LogP contribution in [0.4, 0.5) is 5.69 Å². The van der Waals surface area contributed by atoms with Gasteiger partial charge in [-0.05, 0) is 91.3 Å². The molecule has 1 aliphatic carbocycles. The lowest BCUT2D eigenvalue weighted by Gasteiger charge is -2.39. The number of hydrogen-bond donors (Lipinski definition) is 1. The highest BCUT2D eigenvalue weighted by Gasteiger charge is 2.29. The number of aryl methyl sites for hydroxylation is 1. The van der Waals surface area contributed by atoms with Crippen molar-refractivity contribution >= 4 is 38.8 Å². The number of rotatable bonds is 7. The van der Waals surface area contributed by atoms with E-state index in [0.717, 1.165) is 56.3 Å². The minimum atomic E-state index is -4.01. The van der Waals surface area contributed by atoms with Crippen LogP contribution in [0.15, 0.2) is 77.2 Å². The molecule has 0 radical (unpaired) electrons. The van der Waals surface area contributed by atoms with Gasteiger partial charge in [-0.15, -0.1) is 0 Å². The fraction of sp³-hybridized carbons (Fsp3) is 0.375. The average Bonchev–Trinajstić information content (AvgIpc) is 2.94. The number of aromatic nitrogens is 1. The van der Waals surface area contributed by atoms with Gasteiger partial charge in [0, 0.05) is 49.1 Å². The number of nitrogens with zero attached hydrogens (tertiary/aromatic N) is 3. The summed E-state index contributed by atoms with van der Waals surface area (Å²) in [5, 5.41) is 0.761. The second kappa shape index (κ2) is 12.0. The second-order valence-corrected chi connectivity index (χ2v) is 13.9. The van der Waals surface area contributed by atoms with Crippen molar-refractivity contribution in [2.75, 3.05) is 37.6 Å². The summed E-state index contributed by atoms with van der Waals surface area (Å²) in [6.45, 7) is 11.0. The van der Waals surface area contributed by atoms with Gasteiger partial charge >= 0.3 is 0 Å². The van der Waals surface area contributed by atoms with Gasteiger partial charge in [0.1, 0.15) is 5.69 Å². The zero-order valence-corrected chi connectivity index (χ0v) is 25.4. The van der Waals surface area contributed by atoms with Gasteiger partial charge in [0.2, 0.25) is 0 Å². The molecule has 0 atom stereocenters. The van der Waals surface area contributed by atoms with Crippen molar-refractivity contribution in [2.45, 2.75) is 44.9 Å². The number of amides is 1. The Labute approximate surface area is 248 Å². The first-order chi connectivity index (χ1) is 19.5. The zero-order chi connectivity index (χ0) is 29.2. The van der Waals surface area contributed by atoms with Gasteiger partial charge < -0.3 is 4.90 Å². The van der Waals surface area contributed by atoms with Crippen LogP contribution in [0.2, 0.25) is 5.02 Å². The number of sulfonamides is 1. The topological polar surface area (TPSA) is 82.6 Å². The van der Waals surface area contributed by atoms with Crippen molar-refractivity contribution in [1.29, 1.82) is 0 Å². The van der Waals surface area contributed by atoms with Crippen molar-refractivity contribution in [1.82, 2.24) is 14.6 Å². The van der Waals surface area contributed by atoms with Crippen LogP contribution in [0.3, 0.4) is 0 Å². The van der Waals surface area contributed by atoms with Gasteiger partial charge in [-0.1, -0.05) is 49.2 Å². The monoisotopic (exact) mass is 592 g/mol. The van der Waals surface area contributed by atoms with E-state index in [-0.39, 0.29) is 16.0 Å². The minimum Gasteiger partial charge on any atom is -0.369 e. The first kappa shape index (κ1) is 29.3. The van der Waals surface area contributed by atoms with E-state index in [1.807, 2.05) is 24.3 Å². The normalized spacial score (nSPS) is 17.9. The van der Waals surface area contributed by atoms with E-state index < -0.39 is 15.9 Å². The minimum absolute atomic E-state index is 0.0442. The summed E-state index contributed by atoms with van der Waals surface area (Å²) in [4.78, 5) is 21.4. The highest BCUT2D eigenvalue weighted by molar-refractivity contribution is 7.90. The van der Waals surface area contributed by atoms with E-state index in [1.54, 1.807) is 31.2 Å². The van der Waals surface area contributed by atoms with Crippen LogP contribution in [0.25, 0.3) is 5.57 Å². The molecule has 7 nitrogen and oxygen atoms in total. The van der Waals surface area contributed by atoms with E-state index in [0.29, 0.717) is 5.69 Å². The van der Waals surface area contributed by atoms with Crippen LogP contribution < -0.4 is 9.62 Å². The maximum atomic E-state index is 12.8. The molecule has 2 aliphatic rings. The summed E-state index contributed by atoms with van der Waals surface area (Å²) < 4.78 is 27.8. The maximum absolute atomic E-state index is 12.8. The average molecular weight is 593 g/mol. The highest BCUT2D eigenvalue weighted by atomic mass is 35.5. The SMILES string of the molecule is Cc1cccc(C(=O)NS(=O)(=O)c2ccc(N3CCN(CC4=C(c5ccc(Cl)cc5)CC(C)(C)CC4)CC3)cc2)n1. The van der Waals surface area contributed by atoms with E-state index in [2.05, 4.69) is 45.5 Å². The quantitative estimate of drug-likeness (QED) is 0.365. The van der Waals surface area contributed by atoms with Crippen LogP contribution in [0.1, 0.15) is 54.9 Å². The van der Waals surface area contributed by atoms with E-state index in [4.69, 9.17) is 11.6 Å². The molecular formula is C32H37ClN4O3S. The molecule has 0 spiro atoms. The molecule has 1 aliphatic heterocycles. The Morgan fingerprint density at radius 2 is 1.66 bits per heavy atom. The van der Waals surface area contributed by atoms with E-state index in [9.17, 15) is 13.2 Å². The van der Waals surface area contributed by atoms with Crippen LogP contribution in [0, 0.1) is 12.3 Å². The van der Waals surface area contributed by atoms with E-state index >= 15 is 0 Å². The largest absolute Gasteiger partial charge is 0.369 e. The van der Waals surface area contributed by atoms with Crippen molar-refractivity contribution in [3.63, 3.8) is 0 Å². The molecular weight excluding hydrogens is 556 g/mol. The molecule has 0 bridgehead atoms. The van der Waals surface area contributed by atoms with Gasteiger partial charge in [-0.3, -0.25) is 9.69 Å². The van der Waals surface area contributed by atoms with Crippen molar-refractivity contribution in [3.05, 3.63) is 94.3 Å². The number of carbonyl (C=O) groups is 1. The summed E-state index contributed by atoms with van der Waals surface area (Å²) in [6, 6.07) is 19.9. The van der Waals surface area contributed by atoms with Crippen LogP contribution in [-0.4, -0.2) is 56.9 Å². The molecule has 41 heavy (non-hydrogen) atoms. The molecule has 1 amide bonds. The summed E-state index contributed by atoms with van der Waals surface area (Å²) in [5.41, 5.74) is 6.22. The van der Waals surface area contributed by atoms with Gasteiger partial charge in [-0.25, -0.2) is 18.1 Å². The number of anilines is 1. The third-order valence-electron chi connectivity index (χ3n) is 8.03. The number of benzene rings is 2. The molecule has 1 saturated heterocycles. The molecule has 216 valence electrons. The van der Waals surface area contributed by atoms with Gasteiger partial charge in [0.25, 0.3) is 15.9 Å². The Morgan fingerprint density at radius 1 is 0.976 bits per heavy atom. The number of carbonyl (C=O) groups excluding carboxylic acids is 1. The standard InChI is InChI=1S/C32H37ClN4O3S/c1-23-5-4-6-30(34-23)31(38)35-41(39,40)28-13-11-27(12-14-28)37-19-17-36(18-20-37)22-25-15-16-32(2,3)21-29(25)24-7-9-26(33)10-8-24/h4-14H,15-22H2,1-3H3,(H,35,38). The molecule has 9 heteroatoms. The second-order valence-electron chi connectivity index (χ2n) is 11.8. The summed E-state index contributed by atoms with van der Waals surface area (Å²) >= 11 is 6.16. The molecule has 1 aromatic heterocycles. The third-order valence-corrected chi connectivity index (χ3v) is 9.62. The number of pyridine rings is 1. The number of halogens is 1. The molecule has 3 aromatic rings. The third kappa shape index (κ3) is 7.18. The lowest BCUT2D eigenvalue weighted by atomic mass is 9.72. The lowest BCUT2D eigenvalue weighted by molar-refractivity contribution is 0.0976. The van der Waals surface area contributed by atoms with Gasteiger partial charge in [0.15, 0.2) is 0 Å². The first-order valence-electron chi connectivity index (χ1n) is 14.0. The smallest absolute Gasteiger partial charge is 0.283 e. The first-order valence-corrected chi connectivity index (χ1v) is 15.9. The molecule has 2 aromatic carbocycles. The Balaban J connectivity index is 1.21. The number of hydrogen-bond acceptors (Lipinski definition) is 6. The summed E-state index contributed by atoms with van der Waals surface area (Å²) in [7, 11) is -4.01. The van der Waals surface area contributed by atoms with E-state index in [1.165, 1.54) is 29.2 Å². The van der Waals surface area contributed by atoms with Crippen molar-refractivity contribution in [3.8, 4) is 0 Å². The lowest BCUT2D eigenvalue weighted by Crippen LogP contribution is -2.47. The predicted octanol–water partition coefficient (Wildman–Crippen LogP) is 5.95. The fourth-order valence-electron chi connectivity index (χ4n) is 5.64. The van der Waals surface area contributed by atoms with Crippen LogP contribution >= 0.6 is 11.6 Å². The summed E-state index contributed by atoms with van der Waals surface area (Å²) in [5.74, 6) is -0.746. The van der Waals surface area contributed by atoms with Crippen molar-refractivity contribution < 1.29 is 13.2 Å². The number of allylic oxidation sites excluding steroid dienone is 1. The summed E-state index contributed by atoms with van der Waals surface area (Å²) in [6.07, 6.45) is 3.37. The van der Waals surface area contributed by atoms with Gasteiger partial charge in [0.05, 0.1) is 4.90 Å². The molecule has 5 rings (SSSR count). The predicted molar refractivity (Wildman–Crippen MR) is 165 cm³/mol. The van der Waals surface area contributed by atoms with Crippen LogP contribution in [-0.2, 0) is 10.0 Å². The van der Waals surface area contributed by atoms with Gasteiger partial charge in [-0.2, -0.15) is 0 Å². The number of nitrogens with one attached hydrogen (secondary N) is 1. The number of piperazine rings is 1. The zero-order valence-electron chi connectivity index (χ0n) is 23.9. The maximum Gasteiger partial charge on any atom is 0.283 e. The highest BCUT2D eigenvalue weighted by Crippen LogP contribution is 2.43. The fourth-order valence-corrected chi connectivity index (χ4v) is 6.72. The molecule has 1 N–H and O–H groups in total. The Hall–Kier alpha value is -3.20.